The third-order valence-corrected chi connectivity index (χ3v) is 3.17. The summed E-state index contributed by atoms with van der Waals surface area (Å²) in [6.07, 6.45) is 3.43. The van der Waals surface area contributed by atoms with Crippen LogP contribution in [0.3, 0.4) is 0 Å². The van der Waals surface area contributed by atoms with Crippen LogP contribution in [0.2, 0.25) is 0 Å². The van der Waals surface area contributed by atoms with E-state index in [1.165, 1.54) is 5.56 Å². The van der Waals surface area contributed by atoms with Crippen LogP contribution < -0.4 is 5.73 Å². The average molecular weight is 265 g/mol. The van der Waals surface area contributed by atoms with Gasteiger partial charge in [0.2, 0.25) is 0 Å². The second kappa shape index (κ2) is 5.22. The summed E-state index contributed by atoms with van der Waals surface area (Å²) in [6.45, 7) is 2.05. The van der Waals surface area contributed by atoms with Crippen LogP contribution in [0.1, 0.15) is 23.0 Å². The molecule has 0 aliphatic heterocycles. The molecule has 5 heteroatoms. The largest absolute Gasteiger partial charge is 0.318 e. The van der Waals surface area contributed by atoms with Gasteiger partial charge in [0.15, 0.2) is 5.82 Å². The molecule has 5 nitrogen and oxygen atoms in total. The van der Waals surface area contributed by atoms with Crippen molar-refractivity contribution in [3.63, 3.8) is 0 Å². The minimum Gasteiger partial charge on any atom is -0.318 e. The number of nitrogens with zero attached hydrogens (tertiary/aromatic N) is 3. The van der Waals surface area contributed by atoms with E-state index in [9.17, 15) is 0 Å². The molecule has 0 radical (unpaired) electrons. The van der Waals surface area contributed by atoms with Gasteiger partial charge >= 0.3 is 0 Å². The van der Waals surface area contributed by atoms with Crippen molar-refractivity contribution in [1.29, 1.82) is 0 Å². The maximum atomic E-state index is 6.21. The van der Waals surface area contributed by atoms with Crippen molar-refractivity contribution in [2.45, 2.75) is 13.0 Å². The van der Waals surface area contributed by atoms with Gasteiger partial charge in [0.05, 0.1) is 6.04 Å². The molecule has 0 aliphatic carbocycles. The van der Waals surface area contributed by atoms with E-state index in [2.05, 4.69) is 20.2 Å². The number of hydrogen-bond donors (Lipinski definition) is 2. The van der Waals surface area contributed by atoms with Crippen LogP contribution in [0.5, 0.6) is 0 Å². The standard InChI is InChI=1S/C15H15N5/c1-10-2-4-11(5-3-10)13(16)15-18-14(19-20-15)12-6-8-17-9-7-12/h2-9,13H,16H2,1H3,(H,18,19,20). The molecule has 2 aromatic heterocycles. The molecule has 0 saturated heterocycles. The quantitative estimate of drug-likeness (QED) is 0.761. The van der Waals surface area contributed by atoms with E-state index in [0.717, 1.165) is 11.1 Å². The topological polar surface area (TPSA) is 80.5 Å². The number of pyridine rings is 1. The minimum absolute atomic E-state index is 0.307. The maximum Gasteiger partial charge on any atom is 0.181 e. The lowest BCUT2D eigenvalue weighted by molar-refractivity contribution is 0.787. The van der Waals surface area contributed by atoms with Crippen LogP contribution in [0.25, 0.3) is 11.4 Å². The Morgan fingerprint density at radius 2 is 1.75 bits per heavy atom. The summed E-state index contributed by atoms with van der Waals surface area (Å²) >= 11 is 0. The van der Waals surface area contributed by atoms with E-state index in [4.69, 9.17) is 5.73 Å². The van der Waals surface area contributed by atoms with Crippen molar-refractivity contribution in [3.8, 4) is 11.4 Å². The number of H-pyrrole nitrogens is 1. The second-order valence-corrected chi connectivity index (χ2v) is 4.67. The van der Waals surface area contributed by atoms with Gasteiger partial charge in [-0.15, -0.1) is 0 Å². The molecule has 20 heavy (non-hydrogen) atoms. The van der Waals surface area contributed by atoms with Crippen LogP contribution in [0.15, 0.2) is 48.8 Å². The molecule has 0 bridgehead atoms. The van der Waals surface area contributed by atoms with E-state index in [1.54, 1.807) is 12.4 Å². The third kappa shape index (κ3) is 2.44. The molecule has 0 aliphatic rings. The van der Waals surface area contributed by atoms with E-state index < -0.39 is 0 Å². The highest BCUT2D eigenvalue weighted by Crippen LogP contribution is 2.19. The van der Waals surface area contributed by atoms with Gasteiger partial charge in [0.25, 0.3) is 0 Å². The SMILES string of the molecule is Cc1ccc(C(N)c2nc(-c3ccncc3)n[nH]2)cc1. The van der Waals surface area contributed by atoms with Crippen LogP contribution >= 0.6 is 0 Å². The molecule has 3 aromatic rings. The summed E-state index contributed by atoms with van der Waals surface area (Å²) in [4.78, 5) is 8.44. The zero-order chi connectivity index (χ0) is 13.9. The van der Waals surface area contributed by atoms with Crippen molar-refractivity contribution in [1.82, 2.24) is 20.2 Å². The number of nitrogens with one attached hydrogen (secondary N) is 1. The Morgan fingerprint density at radius 3 is 2.45 bits per heavy atom. The molecule has 1 atom stereocenters. The van der Waals surface area contributed by atoms with E-state index >= 15 is 0 Å². The minimum atomic E-state index is -0.307. The summed E-state index contributed by atoms with van der Waals surface area (Å²) in [7, 11) is 0. The van der Waals surface area contributed by atoms with Crippen LogP contribution in [-0.4, -0.2) is 20.2 Å². The molecule has 3 rings (SSSR count). The summed E-state index contributed by atoms with van der Waals surface area (Å²) in [6, 6.07) is 11.5. The van der Waals surface area contributed by atoms with Crippen molar-refractivity contribution in [3.05, 3.63) is 65.7 Å². The van der Waals surface area contributed by atoms with Crippen LogP contribution in [0.4, 0.5) is 0 Å². The van der Waals surface area contributed by atoms with E-state index in [1.807, 2.05) is 43.3 Å². The number of hydrogen-bond acceptors (Lipinski definition) is 4. The Balaban J connectivity index is 1.88. The summed E-state index contributed by atoms with van der Waals surface area (Å²) < 4.78 is 0. The first-order chi connectivity index (χ1) is 9.74. The van der Waals surface area contributed by atoms with Crippen molar-refractivity contribution < 1.29 is 0 Å². The monoisotopic (exact) mass is 265 g/mol. The summed E-state index contributed by atoms with van der Waals surface area (Å²) in [5.41, 5.74) is 9.34. The highest BCUT2D eigenvalue weighted by molar-refractivity contribution is 5.53. The van der Waals surface area contributed by atoms with Gasteiger partial charge in [0, 0.05) is 18.0 Å². The number of rotatable bonds is 3. The third-order valence-electron chi connectivity index (χ3n) is 3.17. The molecular weight excluding hydrogens is 250 g/mol. The van der Waals surface area contributed by atoms with Gasteiger partial charge in [-0.2, -0.15) is 5.10 Å². The summed E-state index contributed by atoms with van der Waals surface area (Å²) in [5, 5.41) is 7.12. The van der Waals surface area contributed by atoms with Crippen LogP contribution in [-0.2, 0) is 0 Å². The molecule has 0 spiro atoms. The van der Waals surface area contributed by atoms with Gasteiger partial charge in [-0.1, -0.05) is 29.8 Å². The van der Waals surface area contributed by atoms with Gasteiger partial charge in [-0.05, 0) is 24.6 Å². The van der Waals surface area contributed by atoms with Crippen molar-refractivity contribution in [2.24, 2.45) is 5.73 Å². The number of aromatic amines is 1. The maximum absolute atomic E-state index is 6.21. The first-order valence-corrected chi connectivity index (χ1v) is 6.39. The predicted octanol–water partition coefficient (Wildman–Crippen LogP) is 2.22. The normalized spacial score (nSPS) is 12.3. The van der Waals surface area contributed by atoms with Crippen molar-refractivity contribution >= 4 is 0 Å². The lowest BCUT2D eigenvalue weighted by atomic mass is 10.1. The van der Waals surface area contributed by atoms with E-state index in [0.29, 0.717) is 11.6 Å². The van der Waals surface area contributed by atoms with Crippen molar-refractivity contribution in [2.75, 3.05) is 0 Å². The number of benzene rings is 1. The molecule has 2 heterocycles. The number of aromatic nitrogens is 4. The molecule has 0 amide bonds. The fourth-order valence-corrected chi connectivity index (χ4v) is 1.98. The highest BCUT2D eigenvalue weighted by atomic mass is 15.2. The van der Waals surface area contributed by atoms with Gasteiger partial charge in [-0.25, -0.2) is 4.98 Å². The number of nitrogens with two attached hydrogens (primary N) is 1. The molecule has 0 fully saturated rings. The zero-order valence-electron chi connectivity index (χ0n) is 11.1. The Bertz CT molecular complexity index is 688. The Labute approximate surface area is 116 Å². The predicted molar refractivity (Wildman–Crippen MR) is 76.8 cm³/mol. The molecule has 3 N–H and O–H groups in total. The molecule has 100 valence electrons. The van der Waals surface area contributed by atoms with Crippen LogP contribution in [0, 0.1) is 6.92 Å². The van der Waals surface area contributed by atoms with Gasteiger partial charge in [-0.3, -0.25) is 10.1 Å². The molecular formula is C15H15N5. The van der Waals surface area contributed by atoms with E-state index in [-0.39, 0.29) is 6.04 Å². The first-order valence-electron chi connectivity index (χ1n) is 6.39. The Kier molecular flexibility index (Phi) is 3.26. The lowest BCUT2D eigenvalue weighted by Crippen LogP contribution is -2.13. The van der Waals surface area contributed by atoms with Gasteiger partial charge < -0.3 is 5.73 Å². The van der Waals surface area contributed by atoms with Gasteiger partial charge in [0.1, 0.15) is 5.82 Å². The fourth-order valence-electron chi connectivity index (χ4n) is 1.98. The highest BCUT2D eigenvalue weighted by Gasteiger charge is 2.14. The second-order valence-electron chi connectivity index (χ2n) is 4.67. The first kappa shape index (κ1) is 12.5. The average Bonchev–Trinajstić information content (AvgIpc) is 2.98. The number of aryl methyl sites for hydroxylation is 1. The Morgan fingerprint density at radius 1 is 1.05 bits per heavy atom. The lowest BCUT2D eigenvalue weighted by Gasteiger charge is -2.08. The smallest absolute Gasteiger partial charge is 0.181 e. The zero-order valence-corrected chi connectivity index (χ0v) is 11.1. The fraction of sp³-hybridized carbons (Fsp3) is 0.133. The molecule has 0 saturated carbocycles. The molecule has 1 unspecified atom stereocenters. The Hall–Kier alpha value is -2.53. The molecule has 1 aromatic carbocycles. The summed E-state index contributed by atoms with van der Waals surface area (Å²) in [5.74, 6) is 1.28.